The molecule has 2 unspecified atom stereocenters. The van der Waals surface area contributed by atoms with Crippen LogP contribution in [0.25, 0.3) is 11.3 Å². The molecule has 3 aromatic rings. The van der Waals surface area contributed by atoms with Gasteiger partial charge in [0.05, 0.1) is 12.0 Å². The topological polar surface area (TPSA) is 79.0 Å². The van der Waals surface area contributed by atoms with Crippen LogP contribution in [-0.2, 0) is 0 Å². The van der Waals surface area contributed by atoms with Crippen molar-refractivity contribution in [3.8, 4) is 17.0 Å². The summed E-state index contributed by atoms with van der Waals surface area (Å²) in [6.45, 7) is 1.59. The number of halogens is 4. The molecule has 5 rings (SSSR count). The van der Waals surface area contributed by atoms with E-state index in [1.165, 1.54) is 30.5 Å². The third kappa shape index (κ3) is 6.09. The molecular formula is C27H27F4N3O4. The van der Waals surface area contributed by atoms with Crippen LogP contribution in [0, 0.1) is 5.82 Å². The second-order valence-electron chi connectivity index (χ2n) is 9.73. The van der Waals surface area contributed by atoms with E-state index in [0.717, 1.165) is 5.56 Å². The average Bonchev–Trinajstić information content (AvgIpc) is 3.39. The Morgan fingerprint density at radius 2 is 1.74 bits per heavy atom. The monoisotopic (exact) mass is 533 g/mol. The van der Waals surface area contributed by atoms with E-state index >= 15 is 0 Å². The van der Waals surface area contributed by atoms with Crippen molar-refractivity contribution in [1.29, 1.82) is 0 Å². The summed E-state index contributed by atoms with van der Waals surface area (Å²) in [4.78, 5) is 21.4. The Hall–Kier alpha value is -3.60. The van der Waals surface area contributed by atoms with Gasteiger partial charge in [-0.2, -0.15) is 0 Å². The van der Waals surface area contributed by atoms with Gasteiger partial charge in [-0.1, -0.05) is 24.3 Å². The van der Waals surface area contributed by atoms with Crippen molar-refractivity contribution >= 4 is 6.03 Å². The number of nitrogens with zero attached hydrogens (tertiary/aromatic N) is 3. The molecule has 2 amide bonds. The average molecular weight is 534 g/mol. The molecule has 2 aliphatic heterocycles. The minimum atomic E-state index is -4.78. The van der Waals surface area contributed by atoms with Crippen molar-refractivity contribution in [2.24, 2.45) is 0 Å². The molecule has 11 heteroatoms. The van der Waals surface area contributed by atoms with Crippen LogP contribution in [-0.4, -0.2) is 64.6 Å². The largest absolute Gasteiger partial charge is 0.573 e. The van der Waals surface area contributed by atoms with Crippen LogP contribution in [0.15, 0.2) is 59.2 Å². The number of aromatic nitrogens is 1. The van der Waals surface area contributed by atoms with Crippen molar-refractivity contribution in [1.82, 2.24) is 14.8 Å². The van der Waals surface area contributed by atoms with E-state index in [0.29, 0.717) is 62.6 Å². The fourth-order valence-electron chi connectivity index (χ4n) is 5.13. The zero-order valence-corrected chi connectivity index (χ0v) is 20.4. The molecule has 2 aliphatic rings. The van der Waals surface area contributed by atoms with E-state index in [4.69, 9.17) is 4.42 Å². The fourth-order valence-corrected chi connectivity index (χ4v) is 5.13. The van der Waals surface area contributed by atoms with Gasteiger partial charge in [0.1, 0.15) is 23.5 Å². The first-order valence-corrected chi connectivity index (χ1v) is 12.4. The predicted octanol–water partition coefficient (Wildman–Crippen LogP) is 5.53. The predicted molar refractivity (Wildman–Crippen MR) is 129 cm³/mol. The lowest BCUT2D eigenvalue weighted by Crippen LogP contribution is -2.51. The van der Waals surface area contributed by atoms with Crippen molar-refractivity contribution in [2.45, 2.75) is 43.6 Å². The summed E-state index contributed by atoms with van der Waals surface area (Å²) < 4.78 is 61.3. The number of rotatable bonds is 4. The number of aliphatic hydroxyl groups is 1. The zero-order chi connectivity index (χ0) is 26.9. The van der Waals surface area contributed by atoms with Crippen LogP contribution in [0.2, 0.25) is 0 Å². The normalized spacial score (nSPS) is 21.0. The molecule has 0 aliphatic carbocycles. The van der Waals surface area contributed by atoms with Gasteiger partial charge in [-0.05, 0) is 49.1 Å². The molecule has 0 bridgehead atoms. The molecule has 1 aromatic heterocycles. The van der Waals surface area contributed by atoms with E-state index < -0.39 is 18.3 Å². The molecule has 7 nitrogen and oxygen atoms in total. The van der Waals surface area contributed by atoms with Crippen molar-refractivity contribution in [2.75, 3.05) is 26.2 Å². The highest BCUT2D eigenvalue weighted by molar-refractivity contribution is 5.75. The number of carbonyl (C=O) groups is 1. The van der Waals surface area contributed by atoms with Gasteiger partial charge in [0, 0.05) is 37.7 Å². The van der Waals surface area contributed by atoms with Gasteiger partial charge < -0.3 is 24.1 Å². The minimum Gasteiger partial charge on any atom is -0.448 e. The van der Waals surface area contributed by atoms with Gasteiger partial charge in [-0.25, -0.2) is 14.2 Å². The summed E-state index contributed by atoms with van der Waals surface area (Å²) in [5.41, 5.74) is 1.79. The summed E-state index contributed by atoms with van der Waals surface area (Å²) in [6.07, 6.45) is -2.20. The fraction of sp³-hybridized carbons (Fsp3) is 0.407. The summed E-state index contributed by atoms with van der Waals surface area (Å²) in [7, 11) is 0. The number of urea groups is 1. The molecule has 2 atom stereocenters. The quantitative estimate of drug-likeness (QED) is 0.447. The first kappa shape index (κ1) is 26.0. The van der Waals surface area contributed by atoms with Crippen LogP contribution in [0.4, 0.5) is 22.4 Å². The van der Waals surface area contributed by atoms with Gasteiger partial charge >= 0.3 is 12.4 Å². The van der Waals surface area contributed by atoms with Gasteiger partial charge in [0.15, 0.2) is 5.89 Å². The van der Waals surface area contributed by atoms with Crippen LogP contribution in [0.3, 0.4) is 0 Å². The van der Waals surface area contributed by atoms with E-state index in [1.807, 2.05) is 0 Å². The number of amides is 2. The summed E-state index contributed by atoms with van der Waals surface area (Å²) >= 11 is 0. The molecule has 0 spiro atoms. The highest BCUT2D eigenvalue weighted by atomic mass is 19.4. The van der Waals surface area contributed by atoms with Crippen molar-refractivity contribution in [3.05, 3.63) is 72.1 Å². The number of alkyl halides is 3. The highest BCUT2D eigenvalue weighted by Crippen LogP contribution is 2.38. The Balaban J connectivity index is 1.39. The summed E-state index contributed by atoms with van der Waals surface area (Å²) in [6, 6.07) is 11.5. The van der Waals surface area contributed by atoms with Gasteiger partial charge in [-0.3, -0.25) is 0 Å². The van der Waals surface area contributed by atoms with E-state index in [1.54, 1.807) is 34.1 Å². The third-order valence-electron chi connectivity index (χ3n) is 7.03. The maximum atomic E-state index is 13.7. The van der Waals surface area contributed by atoms with Crippen LogP contribution in [0.1, 0.15) is 42.6 Å². The number of likely N-dealkylation sites (tertiary alicyclic amines) is 2. The van der Waals surface area contributed by atoms with Gasteiger partial charge in [-0.15, -0.1) is 13.2 Å². The Labute approximate surface area is 216 Å². The summed E-state index contributed by atoms with van der Waals surface area (Å²) in [5.74, 6) is -0.802. The Morgan fingerprint density at radius 1 is 1.03 bits per heavy atom. The molecule has 38 heavy (non-hydrogen) atoms. The first-order valence-electron chi connectivity index (χ1n) is 12.4. The Kier molecular flexibility index (Phi) is 7.29. The number of hydrogen-bond donors (Lipinski definition) is 1. The van der Waals surface area contributed by atoms with E-state index in [2.05, 4.69) is 9.72 Å². The maximum absolute atomic E-state index is 13.7. The van der Waals surface area contributed by atoms with Gasteiger partial charge in [0.2, 0.25) is 0 Å². The number of piperidine rings is 2. The van der Waals surface area contributed by atoms with Crippen LogP contribution in [0.5, 0.6) is 5.75 Å². The lowest BCUT2D eigenvalue weighted by molar-refractivity contribution is -0.274. The Morgan fingerprint density at radius 3 is 2.42 bits per heavy atom. The molecule has 0 radical (unpaired) electrons. The maximum Gasteiger partial charge on any atom is 0.573 e. The standard InChI is InChI=1S/C27H27F4N3O4/c28-21-3-1-2-18(13-21)24-16-37-25(32-24)20-12-19(17-4-6-23(7-5-17)38-27(29,30)31)14-34(15-20)26(36)33-10-8-22(35)9-11-33/h1-7,13,16,19-20,22,35H,8-12,14-15H2. The van der Waals surface area contributed by atoms with E-state index in [9.17, 15) is 27.5 Å². The molecule has 0 saturated carbocycles. The van der Waals surface area contributed by atoms with Crippen LogP contribution < -0.4 is 4.74 Å². The third-order valence-corrected chi connectivity index (χ3v) is 7.03. The number of benzene rings is 2. The smallest absolute Gasteiger partial charge is 0.448 e. The molecular weight excluding hydrogens is 506 g/mol. The van der Waals surface area contributed by atoms with Crippen molar-refractivity contribution in [3.63, 3.8) is 0 Å². The number of oxazole rings is 1. The second kappa shape index (κ2) is 10.6. The SMILES string of the molecule is O=C(N1CCC(O)CC1)N1CC(c2ccc(OC(F)(F)F)cc2)CC(c2nc(-c3cccc(F)c3)co2)C1. The zero-order valence-electron chi connectivity index (χ0n) is 20.4. The number of hydrogen-bond acceptors (Lipinski definition) is 5. The summed E-state index contributed by atoms with van der Waals surface area (Å²) in [5, 5.41) is 9.83. The highest BCUT2D eigenvalue weighted by Gasteiger charge is 2.37. The molecule has 2 saturated heterocycles. The molecule has 2 aromatic carbocycles. The Bertz CT molecular complexity index is 1260. The number of aliphatic hydroxyl groups excluding tert-OH is 1. The lowest BCUT2D eigenvalue weighted by atomic mass is 9.84. The minimum absolute atomic E-state index is 0.166. The van der Waals surface area contributed by atoms with E-state index in [-0.39, 0.29) is 23.6 Å². The molecule has 1 N–H and O–H groups in total. The number of ether oxygens (including phenoxy) is 1. The molecule has 202 valence electrons. The number of carbonyl (C=O) groups excluding carboxylic acids is 1. The molecule has 2 fully saturated rings. The lowest BCUT2D eigenvalue weighted by Gasteiger charge is -2.40. The van der Waals surface area contributed by atoms with Crippen LogP contribution >= 0.6 is 0 Å². The first-order chi connectivity index (χ1) is 18.1. The molecule has 3 heterocycles. The van der Waals surface area contributed by atoms with Gasteiger partial charge in [0.25, 0.3) is 0 Å². The second-order valence-corrected chi connectivity index (χ2v) is 9.73. The van der Waals surface area contributed by atoms with Crippen molar-refractivity contribution < 1.29 is 36.6 Å².